The largest absolute Gasteiger partial charge is 0.360 e. The van der Waals surface area contributed by atoms with E-state index in [0.717, 1.165) is 30.8 Å². The van der Waals surface area contributed by atoms with Gasteiger partial charge in [-0.3, -0.25) is 9.59 Å². The van der Waals surface area contributed by atoms with Crippen LogP contribution in [0, 0.1) is 12.8 Å². The van der Waals surface area contributed by atoms with Gasteiger partial charge in [0.2, 0.25) is 0 Å². The molecule has 2 aromatic heterocycles. The van der Waals surface area contributed by atoms with Crippen molar-refractivity contribution in [3.05, 3.63) is 75.9 Å². The van der Waals surface area contributed by atoms with Gasteiger partial charge in [0.05, 0.1) is 6.04 Å². The van der Waals surface area contributed by atoms with Gasteiger partial charge in [-0.05, 0) is 25.3 Å². The maximum absolute atomic E-state index is 13.1. The van der Waals surface area contributed by atoms with Crippen molar-refractivity contribution in [3.8, 4) is 11.3 Å². The van der Waals surface area contributed by atoms with Crippen LogP contribution in [0.15, 0.2) is 57.8 Å². The fraction of sp³-hybridized carbons (Fsp3) is 0.348. The van der Waals surface area contributed by atoms with Crippen LogP contribution < -0.4 is 16.2 Å². The molecule has 0 unspecified atom stereocenters. The number of aryl methyl sites for hydroxylation is 1. The van der Waals surface area contributed by atoms with E-state index in [1.165, 1.54) is 0 Å². The smallest absolute Gasteiger partial charge is 0.257 e. The number of rotatable bonds is 4. The Labute approximate surface area is 174 Å². The first-order valence-corrected chi connectivity index (χ1v) is 10.4. The highest BCUT2D eigenvalue weighted by molar-refractivity contribution is 6.00. The average molecular weight is 404 g/mol. The summed E-state index contributed by atoms with van der Waals surface area (Å²) in [5.41, 5.74) is 2.85. The summed E-state index contributed by atoms with van der Waals surface area (Å²) in [6.45, 7) is 3.86. The number of carbonyl (C=O) groups is 1. The van der Waals surface area contributed by atoms with Crippen molar-refractivity contribution >= 4 is 5.91 Å². The Hall–Kier alpha value is -3.19. The summed E-state index contributed by atoms with van der Waals surface area (Å²) in [5, 5.41) is 10.6. The lowest BCUT2D eigenvalue weighted by Crippen LogP contribution is -2.50. The first-order valence-electron chi connectivity index (χ1n) is 10.4. The number of aromatic nitrogens is 2. The van der Waals surface area contributed by atoms with Gasteiger partial charge >= 0.3 is 0 Å². The Morgan fingerprint density at radius 3 is 2.87 bits per heavy atom. The van der Waals surface area contributed by atoms with E-state index in [4.69, 9.17) is 4.52 Å². The molecule has 5 rings (SSSR count). The van der Waals surface area contributed by atoms with Gasteiger partial charge in [-0.2, -0.15) is 0 Å². The molecule has 0 radical (unpaired) electrons. The maximum atomic E-state index is 13.1. The first kappa shape index (κ1) is 18.8. The van der Waals surface area contributed by atoms with Crippen LogP contribution >= 0.6 is 0 Å². The molecule has 7 nitrogen and oxygen atoms in total. The molecule has 2 aliphatic rings. The number of pyridine rings is 1. The van der Waals surface area contributed by atoms with E-state index in [0.29, 0.717) is 35.4 Å². The topological polar surface area (TPSA) is 89.2 Å². The fourth-order valence-corrected chi connectivity index (χ4v) is 4.89. The minimum atomic E-state index is -0.232. The van der Waals surface area contributed by atoms with Gasteiger partial charge in [0.25, 0.3) is 11.5 Å². The number of benzene rings is 1. The van der Waals surface area contributed by atoms with Crippen molar-refractivity contribution in [1.82, 2.24) is 20.4 Å². The third kappa shape index (κ3) is 3.15. The molecule has 2 bridgehead atoms. The van der Waals surface area contributed by atoms with Crippen LogP contribution in [0.1, 0.15) is 40.2 Å². The average Bonchev–Trinajstić information content (AvgIpc) is 3.16. The Balaban J connectivity index is 1.42. The van der Waals surface area contributed by atoms with E-state index in [1.54, 1.807) is 13.0 Å². The normalized spacial score (nSPS) is 22.4. The fourth-order valence-electron chi connectivity index (χ4n) is 4.89. The minimum Gasteiger partial charge on any atom is -0.360 e. The zero-order valence-electron chi connectivity index (χ0n) is 16.8. The number of carbonyl (C=O) groups excluding carboxylic acids is 1. The highest BCUT2D eigenvalue weighted by Gasteiger charge is 2.38. The van der Waals surface area contributed by atoms with Crippen molar-refractivity contribution in [3.63, 3.8) is 0 Å². The van der Waals surface area contributed by atoms with Crippen LogP contribution in [-0.4, -0.2) is 35.3 Å². The van der Waals surface area contributed by atoms with Gasteiger partial charge in [-0.15, -0.1) is 0 Å². The van der Waals surface area contributed by atoms with Crippen molar-refractivity contribution in [2.75, 3.05) is 19.6 Å². The Morgan fingerprint density at radius 2 is 2.03 bits per heavy atom. The first-order chi connectivity index (χ1) is 14.6. The second kappa shape index (κ2) is 7.57. The summed E-state index contributed by atoms with van der Waals surface area (Å²) >= 11 is 0. The molecule has 2 aliphatic heterocycles. The van der Waals surface area contributed by atoms with E-state index < -0.39 is 0 Å². The summed E-state index contributed by atoms with van der Waals surface area (Å²) in [6, 6.07) is 14.9. The lowest BCUT2D eigenvalue weighted by atomic mass is 9.79. The van der Waals surface area contributed by atoms with E-state index in [2.05, 4.69) is 15.8 Å². The number of fused-ring (bicyclic) bond motifs is 4. The summed E-state index contributed by atoms with van der Waals surface area (Å²) in [5.74, 6) is 0.888. The lowest BCUT2D eigenvalue weighted by Gasteiger charge is -2.43. The van der Waals surface area contributed by atoms with Gasteiger partial charge in [-0.25, -0.2) is 0 Å². The second-order valence-electron chi connectivity index (χ2n) is 8.12. The van der Waals surface area contributed by atoms with Gasteiger partial charge in [-0.1, -0.05) is 41.6 Å². The third-order valence-electron chi connectivity index (χ3n) is 6.31. The van der Waals surface area contributed by atoms with Gasteiger partial charge < -0.3 is 19.7 Å². The number of nitrogens with one attached hydrogen (secondary N) is 2. The van der Waals surface area contributed by atoms with E-state index in [1.807, 2.05) is 47.0 Å². The van der Waals surface area contributed by atoms with Crippen molar-refractivity contribution in [1.29, 1.82) is 0 Å². The van der Waals surface area contributed by atoms with E-state index in [-0.39, 0.29) is 17.5 Å². The number of nitrogens with zero attached hydrogens (tertiary/aromatic N) is 2. The molecular formula is C23H24N4O3. The summed E-state index contributed by atoms with van der Waals surface area (Å²) in [6.07, 6.45) is 1.03. The Morgan fingerprint density at radius 1 is 1.20 bits per heavy atom. The van der Waals surface area contributed by atoms with Crippen LogP contribution in [0.2, 0.25) is 0 Å². The summed E-state index contributed by atoms with van der Waals surface area (Å²) in [7, 11) is 0. The number of hydrogen-bond acceptors (Lipinski definition) is 5. The molecule has 0 aliphatic carbocycles. The molecule has 30 heavy (non-hydrogen) atoms. The maximum Gasteiger partial charge on any atom is 0.257 e. The number of amides is 1. The van der Waals surface area contributed by atoms with E-state index >= 15 is 0 Å². The van der Waals surface area contributed by atoms with E-state index in [9.17, 15) is 9.59 Å². The second-order valence-corrected chi connectivity index (χ2v) is 8.12. The molecule has 0 spiro atoms. The Kier molecular flexibility index (Phi) is 4.75. The standard InChI is InChI=1S/C23H24N4O3/c1-14-21(22(26-30-14)15-6-3-2-4-7-15)23(29)25-13-19-17-10-16(11-24-12-17)18-8-5-9-20(28)27(18)19/h2-9,16-17,19,24H,10-13H2,1H3,(H,25,29)/t16-,17+,19+/m1/s1. The molecule has 7 heteroatoms. The van der Waals surface area contributed by atoms with Crippen LogP contribution in [-0.2, 0) is 0 Å². The summed E-state index contributed by atoms with van der Waals surface area (Å²) < 4.78 is 7.22. The SMILES string of the molecule is Cc1onc(-c2ccccc2)c1C(=O)NC[C@H]1[C@@H]2CNC[C@@H](C2)c2cccc(=O)n21. The molecule has 1 fully saturated rings. The molecule has 1 amide bonds. The third-order valence-corrected chi connectivity index (χ3v) is 6.31. The molecule has 1 aromatic carbocycles. The summed E-state index contributed by atoms with van der Waals surface area (Å²) in [4.78, 5) is 25.8. The highest BCUT2D eigenvalue weighted by Crippen LogP contribution is 2.38. The van der Waals surface area contributed by atoms with Crippen LogP contribution in [0.3, 0.4) is 0 Å². The lowest BCUT2D eigenvalue weighted by molar-refractivity contribution is 0.0931. The minimum absolute atomic E-state index is 0.00511. The Bertz CT molecular complexity index is 1130. The predicted molar refractivity (Wildman–Crippen MR) is 112 cm³/mol. The van der Waals surface area contributed by atoms with Crippen LogP contribution in [0.5, 0.6) is 0 Å². The molecule has 0 saturated carbocycles. The molecule has 3 aromatic rings. The van der Waals surface area contributed by atoms with Gasteiger partial charge in [0.1, 0.15) is 17.0 Å². The predicted octanol–water partition coefficient (Wildman–Crippen LogP) is 2.49. The zero-order chi connectivity index (χ0) is 20.7. The molecule has 3 atom stereocenters. The molecule has 2 N–H and O–H groups in total. The van der Waals surface area contributed by atoms with Crippen molar-refractivity contribution < 1.29 is 9.32 Å². The van der Waals surface area contributed by atoms with Crippen LogP contribution in [0.4, 0.5) is 0 Å². The van der Waals surface area contributed by atoms with Crippen molar-refractivity contribution in [2.24, 2.45) is 5.92 Å². The van der Waals surface area contributed by atoms with Gasteiger partial charge in [0, 0.05) is 42.9 Å². The molecular weight excluding hydrogens is 380 g/mol. The quantitative estimate of drug-likeness (QED) is 0.697. The van der Waals surface area contributed by atoms with Gasteiger partial charge in [0.15, 0.2) is 0 Å². The number of hydrogen-bond donors (Lipinski definition) is 2. The zero-order valence-corrected chi connectivity index (χ0v) is 16.8. The number of piperidine rings is 1. The van der Waals surface area contributed by atoms with Crippen molar-refractivity contribution in [2.45, 2.75) is 25.3 Å². The molecule has 4 heterocycles. The monoisotopic (exact) mass is 404 g/mol. The molecule has 1 saturated heterocycles. The molecule has 154 valence electrons. The highest BCUT2D eigenvalue weighted by atomic mass is 16.5. The van der Waals surface area contributed by atoms with Crippen LogP contribution in [0.25, 0.3) is 11.3 Å².